The normalized spacial score (nSPS) is 35.9. The van der Waals surface area contributed by atoms with Gasteiger partial charge in [0.15, 0.2) is 0 Å². The number of carbonyl (C=O) groups excluding carboxylic acids is 2. The van der Waals surface area contributed by atoms with Crippen molar-refractivity contribution in [3.8, 4) is 6.07 Å². The minimum atomic E-state index is -0.309. The molecule has 86 valence electrons. The molecule has 3 atom stereocenters. The summed E-state index contributed by atoms with van der Waals surface area (Å²) < 4.78 is 0. The summed E-state index contributed by atoms with van der Waals surface area (Å²) in [7, 11) is 0. The van der Waals surface area contributed by atoms with E-state index in [2.05, 4.69) is 11.4 Å². The van der Waals surface area contributed by atoms with E-state index >= 15 is 0 Å². The van der Waals surface area contributed by atoms with Gasteiger partial charge in [0, 0.05) is 6.04 Å². The van der Waals surface area contributed by atoms with Crippen LogP contribution in [-0.2, 0) is 9.59 Å². The van der Waals surface area contributed by atoms with Crippen LogP contribution in [0.15, 0.2) is 0 Å². The summed E-state index contributed by atoms with van der Waals surface area (Å²) >= 11 is 0. The molecule has 1 saturated heterocycles. The average molecular weight is 221 g/mol. The van der Waals surface area contributed by atoms with Gasteiger partial charge in [-0.05, 0) is 19.8 Å². The highest BCUT2D eigenvalue weighted by atomic mass is 16.2. The van der Waals surface area contributed by atoms with Crippen molar-refractivity contribution in [1.29, 1.82) is 5.26 Å². The van der Waals surface area contributed by atoms with Crippen LogP contribution in [0.3, 0.4) is 0 Å². The number of carbonyl (C=O) groups is 2. The van der Waals surface area contributed by atoms with Crippen molar-refractivity contribution in [2.24, 2.45) is 5.92 Å². The Morgan fingerprint density at radius 3 is 2.88 bits per heavy atom. The van der Waals surface area contributed by atoms with Crippen molar-refractivity contribution in [1.82, 2.24) is 10.2 Å². The zero-order valence-electron chi connectivity index (χ0n) is 9.27. The van der Waals surface area contributed by atoms with Crippen LogP contribution < -0.4 is 5.32 Å². The number of rotatable bonds is 1. The third kappa shape index (κ3) is 1.81. The number of nitriles is 1. The van der Waals surface area contributed by atoms with Gasteiger partial charge in [-0.3, -0.25) is 19.8 Å². The monoisotopic (exact) mass is 221 g/mol. The molecule has 5 heteroatoms. The highest BCUT2D eigenvalue weighted by Gasteiger charge is 2.40. The van der Waals surface area contributed by atoms with Crippen molar-refractivity contribution in [3.63, 3.8) is 0 Å². The van der Waals surface area contributed by atoms with Crippen molar-refractivity contribution in [2.75, 3.05) is 6.54 Å². The van der Waals surface area contributed by atoms with Crippen molar-refractivity contribution in [2.45, 2.75) is 38.3 Å². The quantitative estimate of drug-likeness (QED) is 0.634. The van der Waals surface area contributed by atoms with Gasteiger partial charge >= 0.3 is 0 Å². The molecule has 0 aromatic heterocycles. The zero-order chi connectivity index (χ0) is 11.7. The highest BCUT2D eigenvalue weighted by molar-refractivity contribution is 6.00. The predicted octanol–water partition coefficient (Wildman–Crippen LogP) is 0.0256. The lowest BCUT2D eigenvalue weighted by Gasteiger charge is -2.37. The molecular formula is C11H15N3O2. The molecule has 1 saturated carbocycles. The Balaban J connectivity index is 2.16. The van der Waals surface area contributed by atoms with Crippen LogP contribution >= 0.6 is 0 Å². The first-order valence-electron chi connectivity index (χ1n) is 5.62. The summed E-state index contributed by atoms with van der Waals surface area (Å²) in [6.07, 6.45) is 2.78. The summed E-state index contributed by atoms with van der Waals surface area (Å²) in [5.74, 6) is -0.548. The molecule has 0 bridgehead atoms. The van der Waals surface area contributed by atoms with E-state index < -0.39 is 0 Å². The van der Waals surface area contributed by atoms with Gasteiger partial charge in [-0.15, -0.1) is 0 Å². The third-order valence-electron chi connectivity index (χ3n) is 3.54. The first-order valence-corrected chi connectivity index (χ1v) is 5.62. The minimum Gasteiger partial charge on any atom is -0.294 e. The lowest BCUT2D eigenvalue weighted by molar-refractivity contribution is -0.141. The maximum Gasteiger partial charge on any atom is 0.243 e. The van der Waals surface area contributed by atoms with Crippen LogP contribution in [0.4, 0.5) is 0 Å². The van der Waals surface area contributed by atoms with Gasteiger partial charge in [0.1, 0.15) is 0 Å². The Morgan fingerprint density at radius 1 is 1.44 bits per heavy atom. The fourth-order valence-corrected chi connectivity index (χ4v) is 2.63. The van der Waals surface area contributed by atoms with E-state index in [4.69, 9.17) is 5.26 Å². The van der Waals surface area contributed by atoms with E-state index in [-0.39, 0.29) is 36.4 Å². The van der Waals surface area contributed by atoms with Crippen molar-refractivity contribution in [3.05, 3.63) is 0 Å². The second-order valence-corrected chi connectivity index (χ2v) is 4.49. The molecule has 1 heterocycles. The molecule has 2 aliphatic rings. The van der Waals surface area contributed by atoms with E-state index in [1.807, 2.05) is 4.90 Å². The highest BCUT2D eigenvalue weighted by Crippen LogP contribution is 2.31. The first-order chi connectivity index (χ1) is 7.63. The van der Waals surface area contributed by atoms with Gasteiger partial charge in [-0.1, -0.05) is 6.42 Å². The van der Waals surface area contributed by atoms with Crippen LogP contribution in [0.25, 0.3) is 0 Å². The Kier molecular flexibility index (Phi) is 2.92. The van der Waals surface area contributed by atoms with Crippen molar-refractivity contribution >= 4 is 11.8 Å². The molecule has 1 aliphatic heterocycles. The molecule has 2 amide bonds. The van der Waals surface area contributed by atoms with Crippen LogP contribution in [0.2, 0.25) is 0 Å². The zero-order valence-corrected chi connectivity index (χ0v) is 9.27. The summed E-state index contributed by atoms with van der Waals surface area (Å²) in [4.78, 5) is 24.7. The molecule has 16 heavy (non-hydrogen) atoms. The molecule has 1 N–H and O–H groups in total. The molecule has 1 aliphatic carbocycles. The standard InChI is InChI=1S/C11H15N3O2/c1-7-11(16)13-10(15)6-14(7)9-4-2-3-8(9)5-12/h7-9H,2-4,6H2,1H3,(H,13,15,16). The number of hydrogen-bond acceptors (Lipinski definition) is 4. The molecule has 0 spiro atoms. The minimum absolute atomic E-state index is 0.0406. The smallest absolute Gasteiger partial charge is 0.243 e. The number of hydrogen-bond donors (Lipinski definition) is 1. The largest absolute Gasteiger partial charge is 0.294 e. The Hall–Kier alpha value is -1.41. The Morgan fingerprint density at radius 2 is 2.19 bits per heavy atom. The second kappa shape index (κ2) is 4.22. The van der Waals surface area contributed by atoms with E-state index in [1.165, 1.54) is 0 Å². The number of nitrogens with one attached hydrogen (secondary N) is 1. The molecule has 5 nitrogen and oxygen atoms in total. The Bertz CT molecular complexity index is 361. The molecule has 2 rings (SSSR count). The lowest BCUT2D eigenvalue weighted by Crippen LogP contribution is -2.60. The molecule has 2 fully saturated rings. The van der Waals surface area contributed by atoms with E-state index in [0.29, 0.717) is 0 Å². The van der Waals surface area contributed by atoms with E-state index in [9.17, 15) is 9.59 Å². The number of amides is 2. The summed E-state index contributed by atoms with van der Waals surface area (Å²) in [6, 6.07) is 2.03. The number of nitrogens with zero attached hydrogens (tertiary/aromatic N) is 2. The molecule has 0 radical (unpaired) electrons. The molecule has 3 unspecified atom stereocenters. The average Bonchev–Trinajstić information content (AvgIpc) is 2.71. The summed E-state index contributed by atoms with van der Waals surface area (Å²) in [6.45, 7) is 2.02. The van der Waals surface area contributed by atoms with E-state index in [0.717, 1.165) is 19.3 Å². The second-order valence-electron chi connectivity index (χ2n) is 4.49. The van der Waals surface area contributed by atoms with Crippen LogP contribution in [0.1, 0.15) is 26.2 Å². The van der Waals surface area contributed by atoms with Gasteiger partial charge in [-0.2, -0.15) is 5.26 Å². The van der Waals surface area contributed by atoms with Crippen LogP contribution in [-0.4, -0.2) is 35.3 Å². The maximum absolute atomic E-state index is 11.5. The van der Waals surface area contributed by atoms with Gasteiger partial charge in [-0.25, -0.2) is 0 Å². The number of piperazine rings is 1. The molecule has 0 aromatic carbocycles. The molecule has 0 aromatic rings. The van der Waals surface area contributed by atoms with Crippen LogP contribution in [0, 0.1) is 17.2 Å². The lowest BCUT2D eigenvalue weighted by atomic mass is 10.0. The topological polar surface area (TPSA) is 73.2 Å². The third-order valence-corrected chi connectivity index (χ3v) is 3.54. The summed E-state index contributed by atoms with van der Waals surface area (Å²) in [5.41, 5.74) is 0. The molecular weight excluding hydrogens is 206 g/mol. The SMILES string of the molecule is CC1C(=O)NC(=O)CN1C1CCCC1C#N. The van der Waals surface area contributed by atoms with Gasteiger partial charge in [0.25, 0.3) is 0 Å². The van der Waals surface area contributed by atoms with Gasteiger partial charge in [0.2, 0.25) is 11.8 Å². The fourth-order valence-electron chi connectivity index (χ4n) is 2.63. The number of imide groups is 1. The van der Waals surface area contributed by atoms with Crippen LogP contribution in [0.5, 0.6) is 0 Å². The first kappa shape index (κ1) is 11.1. The maximum atomic E-state index is 11.5. The van der Waals surface area contributed by atoms with Gasteiger partial charge < -0.3 is 0 Å². The van der Waals surface area contributed by atoms with E-state index in [1.54, 1.807) is 6.92 Å². The van der Waals surface area contributed by atoms with Crippen molar-refractivity contribution < 1.29 is 9.59 Å². The fraction of sp³-hybridized carbons (Fsp3) is 0.727. The van der Waals surface area contributed by atoms with Gasteiger partial charge in [0.05, 0.1) is 24.6 Å². The predicted molar refractivity (Wildman–Crippen MR) is 56.1 cm³/mol. The summed E-state index contributed by atoms with van der Waals surface area (Å²) in [5, 5.41) is 11.3. The Labute approximate surface area is 94.4 Å².